The monoisotopic (exact) mass is 398 g/mol. The maximum atomic E-state index is 12.7. The molecule has 0 fully saturated rings. The Kier molecular flexibility index (Phi) is 5.79. The third-order valence-electron chi connectivity index (χ3n) is 4.88. The van der Waals surface area contributed by atoms with Gasteiger partial charge in [0.2, 0.25) is 10.9 Å². The van der Waals surface area contributed by atoms with Crippen LogP contribution in [0.25, 0.3) is 28.3 Å². The van der Waals surface area contributed by atoms with Crippen LogP contribution in [0.3, 0.4) is 0 Å². The number of fused-ring (bicyclic) bond motifs is 2. The third kappa shape index (κ3) is 3.77. The van der Waals surface area contributed by atoms with Crippen molar-refractivity contribution in [3.8, 4) is 5.75 Å². The van der Waals surface area contributed by atoms with E-state index in [0.29, 0.717) is 19.4 Å². The van der Waals surface area contributed by atoms with Gasteiger partial charge in [-0.1, -0.05) is 13.8 Å². The number of aromatic nitrogens is 2. The summed E-state index contributed by atoms with van der Waals surface area (Å²) in [5, 5.41) is 22.0. The summed E-state index contributed by atoms with van der Waals surface area (Å²) in [6, 6.07) is 3.53. The lowest BCUT2D eigenvalue weighted by Crippen LogP contribution is -2.35. The number of hydrogen-bond donors (Lipinski definition) is 4. The molecule has 3 aromatic rings. The van der Waals surface area contributed by atoms with Crippen molar-refractivity contribution < 1.29 is 15.0 Å². The molecule has 0 saturated carbocycles. The Balaban J connectivity index is 2.12. The van der Waals surface area contributed by atoms with Crippen molar-refractivity contribution in [3.05, 3.63) is 49.4 Å². The molecule has 0 spiro atoms. The number of nitrogens with one attached hydrogen (secondary N) is 2. The van der Waals surface area contributed by atoms with Crippen molar-refractivity contribution in [2.75, 3.05) is 26.2 Å². The molecule has 9 nitrogen and oxygen atoms in total. The van der Waals surface area contributed by atoms with Crippen LogP contribution in [-0.2, 0) is 0 Å². The third-order valence-corrected chi connectivity index (χ3v) is 4.88. The fourth-order valence-corrected chi connectivity index (χ4v) is 3.21. The number of H-pyrrole nitrogens is 1. The number of rotatable bonds is 6. The van der Waals surface area contributed by atoms with Gasteiger partial charge in [0.15, 0.2) is 0 Å². The number of aromatic amines is 1. The molecule has 0 aliphatic rings. The first-order valence-corrected chi connectivity index (χ1v) is 9.28. The summed E-state index contributed by atoms with van der Waals surface area (Å²) in [5.41, 5.74) is -0.895. The second kappa shape index (κ2) is 8.27. The Bertz CT molecular complexity index is 1250. The molecule has 1 aromatic heterocycles. The van der Waals surface area contributed by atoms with Crippen LogP contribution in [0.15, 0.2) is 27.8 Å². The van der Waals surface area contributed by atoms with Crippen molar-refractivity contribution in [3.63, 3.8) is 0 Å². The highest BCUT2D eigenvalue weighted by Crippen LogP contribution is 2.15. The standard InChI is InChI=1S/C20H22N4O5/c1-3-24(4-2)8-7-21-20(29)11-5-6-13(26)18-16(11)22-19-15(28)9-14(27)12(10-25)17(19)23-18/h5-6,9-10,22,25,27H,3-4,7-8H2,1-2H3,(H,21,29)/b12-10-. The Labute approximate surface area is 165 Å². The summed E-state index contributed by atoms with van der Waals surface area (Å²) in [6.07, 6.45) is 0.609. The number of carbonyl (C=O) groups excluding carboxylic acids is 1. The van der Waals surface area contributed by atoms with Crippen LogP contribution in [0.2, 0.25) is 0 Å². The zero-order valence-electron chi connectivity index (χ0n) is 16.2. The average molecular weight is 398 g/mol. The molecule has 0 aliphatic heterocycles. The molecular formula is C20H22N4O5. The lowest BCUT2D eigenvalue weighted by atomic mass is 10.1. The zero-order valence-corrected chi connectivity index (χ0v) is 16.2. The molecule has 152 valence electrons. The number of phenols is 1. The smallest absolute Gasteiger partial charge is 0.253 e. The minimum atomic E-state index is -0.582. The van der Waals surface area contributed by atoms with E-state index in [1.165, 1.54) is 12.1 Å². The Hall–Kier alpha value is -3.46. The van der Waals surface area contributed by atoms with E-state index in [0.717, 1.165) is 19.2 Å². The number of hydrogen-bond acceptors (Lipinski definition) is 7. The molecule has 0 atom stereocenters. The van der Waals surface area contributed by atoms with Crippen LogP contribution in [0.4, 0.5) is 0 Å². The summed E-state index contributed by atoms with van der Waals surface area (Å²) in [6.45, 7) is 6.91. The highest BCUT2D eigenvalue weighted by atomic mass is 16.3. The Morgan fingerprint density at radius 2 is 1.90 bits per heavy atom. The van der Waals surface area contributed by atoms with E-state index < -0.39 is 22.5 Å². The number of aromatic hydroxyl groups is 1. The quantitative estimate of drug-likeness (QED) is 0.436. The van der Waals surface area contributed by atoms with Gasteiger partial charge in [-0.2, -0.15) is 0 Å². The number of nitrogens with zero attached hydrogens (tertiary/aromatic N) is 2. The van der Waals surface area contributed by atoms with Gasteiger partial charge in [-0.05, 0) is 25.2 Å². The van der Waals surface area contributed by atoms with Gasteiger partial charge in [0.25, 0.3) is 5.91 Å². The number of aliphatic hydroxyl groups excluding tert-OH is 1. The number of likely N-dealkylation sites (N-methyl/N-ethyl adjacent to an activating group) is 1. The van der Waals surface area contributed by atoms with E-state index in [-0.39, 0.29) is 32.8 Å². The fourth-order valence-electron chi connectivity index (χ4n) is 3.21. The molecular weight excluding hydrogens is 376 g/mol. The molecule has 1 amide bonds. The van der Waals surface area contributed by atoms with Gasteiger partial charge in [0, 0.05) is 19.2 Å². The van der Waals surface area contributed by atoms with Crippen molar-refractivity contribution in [2.24, 2.45) is 0 Å². The molecule has 4 N–H and O–H groups in total. The van der Waals surface area contributed by atoms with Gasteiger partial charge in [0.1, 0.15) is 22.3 Å². The molecule has 0 saturated heterocycles. The van der Waals surface area contributed by atoms with Crippen LogP contribution in [0.1, 0.15) is 24.2 Å². The zero-order chi connectivity index (χ0) is 21.1. The van der Waals surface area contributed by atoms with Crippen molar-refractivity contribution in [1.82, 2.24) is 20.2 Å². The van der Waals surface area contributed by atoms with Crippen molar-refractivity contribution in [1.29, 1.82) is 0 Å². The maximum Gasteiger partial charge on any atom is 0.253 e. The summed E-state index contributed by atoms with van der Waals surface area (Å²) in [4.78, 5) is 46.4. The van der Waals surface area contributed by atoms with Gasteiger partial charge in [-0.25, -0.2) is 4.98 Å². The molecule has 1 heterocycles. The van der Waals surface area contributed by atoms with Crippen LogP contribution in [0, 0.1) is 0 Å². The first-order chi connectivity index (χ1) is 13.9. The molecule has 0 radical (unpaired) electrons. The molecule has 0 bridgehead atoms. The minimum absolute atomic E-state index is 0.0293. The maximum absolute atomic E-state index is 12.7. The van der Waals surface area contributed by atoms with E-state index in [9.17, 15) is 24.6 Å². The minimum Gasteiger partial charge on any atom is -0.515 e. The van der Waals surface area contributed by atoms with E-state index in [1.54, 1.807) is 0 Å². The van der Waals surface area contributed by atoms with E-state index in [1.807, 2.05) is 13.8 Å². The molecule has 9 heteroatoms. The van der Waals surface area contributed by atoms with Crippen LogP contribution < -0.4 is 21.4 Å². The van der Waals surface area contributed by atoms with Gasteiger partial charge in [0.05, 0.1) is 22.6 Å². The van der Waals surface area contributed by atoms with Crippen LogP contribution in [0.5, 0.6) is 5.75 Å². The SMILES string of the molecule is CCN(CC)CCNC(=O)c1ccc(=O)c2nc3/c(=C\O)c(O)cc(=O)c3[nH]c12. The van der Waals surface area contributed by atoms with Crippen molar-refractivity contribution >= 4 is 34.2 Å². The van der Waals surface area contributed by atoms with Gasteiger partial charge in [-0.15, -0.1) is 0 Å². The lowest BCUT2D eigenvalue weighted by molar-refractivity contribution is 0.0950. The number of phenolic OH excluding ortho intramolecular Hbond substituents is 1. The highest BCUT2D eigenvalue weighted by molar-refractivity contribution is 6.06. The Morgan fingerprint density at radius 1 is 1.17 bits per heavy atom. The van der Waals surface area contributed by atoms with E-state index in [2.05, 4.69) is 20.2 Å². The number of aliphatic hydroxyl groups is 1. The lowest BCUT2D eigenvalue weighted by Gasteiger charge is -2.18. The predicted octanol–water partition coefficient (Wildman–Crippen LogP) is 0.229. The first-order valence-electron chi connectivity index (χ1n) is 9.28. The van der Waals surface area contributed by atoms with Gasteiger partial charge >= 0.3 is 0 Å². The van der Waals surface area contributed by atoms with E-state index >= 15 is 0 Å². The summed E-state index contributed by atoms with van der Waals surface area (Å²) >= 11 is 0. The fraction of sp³-hybridized carbons (Fsp3) is 0.300. The molecule has 29 heavy (non-hydrogen) atoms. The van der Waals surface area contributed by atoms with Crippen molar-refractivity contribution in [2.45, 2.75) is 13.8 Å². The summed E-state index contributed by atoms with van der Waals surface area (Å²) in [5.74, 6) is -0.859. The summed E-state index contributed by atoms with van der Waals surface area (Å²) < 4.78 is 0. The molecule has 0 unspecified atom stereocenters. The topological polar surface area (TPSA) is 136 Å². The predicted molar refractivity (Wildman–Crippen MR) is 110 cm³/mol. The molecule has 2 aromatic carbocycles. The largest absolute Gasteiger partial charge is 0.515 e. The molecule has 0 aliphatic carbocycles. The van der Waals surface area contributed by atoms with Gasteiger partial charge < -0.3 is 25.4 Å². The summed E-state index contributed by atoms with van der Waals surface area (Å²) in [7, 11) is 0. The Morgan fingerprint density at radius 3 is 2.55 bits per heavy atom. The second-order valence-corrected chi connectivity index (χ2v) is 6.51. The first kappa shape index (κ1) is 20.3. The second-order valence-electron chi connectivity index (χ2n) is 6.51. The molecule has 3 rings (SSSR count). The van der Waals surface area contributed by atoms with Crippen LogP contribution >= 0.6 is 0 Å². The average Bonchev–Trinajstić information content (AvgIpc) is 2.71. The van der Waals surface area contributed by atoms with E-state index in [4.69, 9.17) is 0 Å². The highest BCUT2D eigenvalue weighted by Gasteiger charge is 2.17. The number of amides is 1. The van der Waals surface area contributed by atoms with Gasteiger partial charge in [-0.3, -0.25) is 14.4 Å². The van der Waals surface area contributed by atoms with Crippen LogP contribution in [-0.4, -0.2) is 57.2 Å². The normalized spacial score (nSPS) is 12.2. The number of benzene rings is 2. The number of carbonyl (C=O) groups is 1.